The Labute approximate surface area is 167 Å². The Bertz CT molecular complexity index is 1060. The van der Waals surface area contributed by atoms with Crippen molar-refractivity contribution < 1.29 is 14.5 Å². The van der Waals surface area contributed by atoms with Gasteiger partial charge in [-0.3, -0.25) is 24.9 Å². The van der Waals surface area contributed by atoms with Crippen LogP contribution in [-0.4, -0.2) is 46.8 Å². The summed E-state index contributed by atoms with van der Waals surface area (Å²) < 4.78 is 5.78. The fourth-order valence-corrected chi connectivity index (χ4v) is 3.80. The number of aromatic nitrogens is 2. The van der Waals surface area contributed by atoms with Gasteiger partial charge in [0.2, 0.25) is 6.41 Å². The molecule has 1 saturated heterocycles. The molecule has 0 aliphatic carbocycles. The van der Waals surface area contributed by atoms with E-state index >= 15 is 0 Å². The first kappa shape index (κ1) is 18.9. The molecule has 0 saturated carbocycles. The third-order valence-electron chi connectivity index (χ3n) is 4.98. The minimum absolute atomic E-state index is 0.0369. The molecular formula is C20H21N5O4. The molecule has 0 unspecified atom stereocenters. The zero-order valence-corrected chi connectivity index (χ0v) is 16.1. The van der Waals surface area contributed by atoms with Crippen molar-refractivity contribution in [3.05, 3.63) is 52.6 Å². The monoisotopic (exact) mass is 395 g/mol. The number of nitro groups is 1. The summed E-state index contributed by atoms with van der Waals surface area (Å²) in [6.07, 6.45) is 0.629. The number of carbonyl (C=O) groups excluding carboxylic acids is 1. The summed E-state index contributed by atoms with van der Waals surface area (Å²) in [4.78, 5) is 26.5. The van der Waals surface area contributed by atoms with Crippen molar-refractivity contribution in [1.29, 1.82) is 0 Å². The Morgan fingerprint density at radius 2 is 1.97 bits per heavy atom. The minimum Gasteiger partial charge on any atom is -0.372 e. The maximum absolute atomic E-state index is 12.0. The minimum atomic E-state index is -0.491. The summed E-state index contributed by atoms with van der Waals surface area (Å²) in [7, 11) is 0. The van der Waals surface area contributed by atoms with E-state index in [1.54, 1.807) is 12.1 Å². The summed E-state index contributed by atoms with van der Waals surface area (Å²) >= 11 is 0. The predicted octanol–water partition coefficient (Wildman–Crippen LogP) is 3.38. The first-order valence-corrected chi connectivity index (χ1v) is 9.34. The Hall–Kier alpha value is -3.46. The molecule has 0 bridgehead atoms. The van der Waals surface area contributed by atoms with Crippen LogP contribution in [0.15, 0.2) is 42.5 Å². The zero-order valence-electron chi connectivity index (χ0n) is 16.1. The normalized spacial score (nSPS) is 19.3. The third-order valence-corrected chi connectivity index (χ3v) is 4.98. The van der Waals surface area contributed by atoms with Crippen LogP contribution < -0.4 is 9.80 Å². The van der Waals surface area contributed by atoms with E-state index in [1.807, 2.05) is 38.1 Å². The number of hydrogen-bond donors (Lipinski definition) is 1. The molecule has 2 atom stereocenters. The lowest BCUT2D eigenvalue weighted by Gasteiger charge is -2.37. The number of carbonyl (C=O) groups is 1. The molecule has 29 heavy (non-hydrogen) atoms. The molecule has 9 heteroatoms. The first-order chi connectivity index (χ1) is 14.0. The lowest BCUT2D eigenvalue weighted by molar-refractivity contribution is -0.384. The van der Waals surface area contributed by atoms with Gasteiger partial charge in [0.15, 0.2) is 5.82 Å². The number of benzene rings is 2. The van der Waals surface area contributed by atoms with Gasteiger partial charge >= 0.3 is 0 Å². The molecular weight excluding hydrogens is 374 g/mol. The van der Waals surface area contributed by atoms with Crippen LogP contribution in [0.5, 0.6) is 0 Å². The van der Waals surface area contributed by atoms with Crippen molar-refractivity contribution in [2.45, 2.75) is 26.1 Å². The number of nitrogens with one attached hydrogen (secondary N) is 1. The summed E-state index contributed by atoms with van der Waals surface area (Å²) in [5.74, 6) is 0.319. The quantitative estimate of drug-likeness (QED) is 0.403. The van der Waals surface area contributed by atoms with Crippen molar-refractivity contribution in [3.63, 3.8) is 0 Å². The number of amides is 1. The number of nitro benzene ring substituents is 1. The number of ether oxygens (including phenoxy) is 1. The Balaban J connectivity index is 1.81. The van der Waals surface area contributed by atoms with Crippen LogP contribution in [0.25, 0.3) is 10.9 Å². The van der Waals surface area contributed by atoms with E-state index in [9.17, 15) is 14.9 Å². The smallest absolute Gasteiger partial charge is 0.293 e. The number of anilines is 3. The van der Waals surface area contributed by atoms with E-state index in [2.05, 4.69) is 15.1 Å². The Morgan fingerprint density at radius 1 is 1.24 bits per heavy atom. The van der Waals surface area contributed by atoms with Crippen LogP contribution in [0, 0.1) is 10.1 Å². The van der Waals surface area contributed by atoms with E-state index in [-0.39, 0.29) is 23.6 Å². The van der Waals surface area contributed by atoms with Crippen LogP contribution in [0.4, 0.5) is 22.9 Å². The van der Waals surface area contributed by atoms with Gasteiger partial charge < -0.3 is 9.64 Å². The highest BCUT2D eigenvalue weighted by Gasteiger charge is 2.27. The maximum Gasteiger partial charge on any atom is 0.293 e. The molecule has 2 aromatic carbocycles. The van der Waals surface area contributed by atoms with Gasteiger partial charge in [0.1, 0.15) is 5.69 Å². The number of nitrogens with zero attached hydrogens (tertiary/aromatic N) is 4. The number of morpholine rings is 1. The fraction of sp³-hybridized carbons (Fsp3) is 0.300. The molecule has 4 rings (SSSR count). The molecule has 1 fully saturated rings. The highest BCUT2D eigenvalue weighted by Crippen LogP contribution is 2.38. The molecule has 1 N–H and O–H groups in total. The second kappa shape index (κ2) is 7.51. The summed E-state index contributed by atoms with van der Waals surface area (Å²) in [6.45, 7) is 5.30. The van der Waals surface area contributed by atoms with E-state index in [0.717, 1.165) is 11.2 Å². The topological polar surface area (TPSA) is 105 Å². The fourth-order valence-electron chi connectivity index (χ4n) is 3.80. The van der Waals surface area contributed by atoms with E-state index in [1.165, 1.54) is 11.0 Å². The number of hydrogen-bond acceptors (Lipinski definition) is 6. The highest BCUT2D eigenvalue weighted by atomic mass is 16.6. The average Bonchev–Trinajstić information content (AvgIpc) is 3.12. The van der Waals surface area contributed by atoms with E-state index in [4.69, 9.17) is 4.74 Å². The second-order valence-corrected chi connectivity index (χ2v) is 7.16. The number of fused-ring (bicyclic) bond motifs is 1. The molecule has 1 aliphatic heterocycles. The molecule has 150 valence electrons. The van der Waals surface area contributed by atoms with Gasteiger partial charge in [-0.2, -0.15) is 5.10 Å². The number of para-hydroxylation sites is 1. The van der Waals surface area contributed by atoms with Crippen LogP contribution in [0.3, 0.4) is 0 Å². The van der Waals surface area contributed by atoms with Gasteiger partial charge in [-0.1, -0.05) is 12.1 Å². The lowest BCUT2D eigenvalue weighted by atomic mass is 10.1. The van der Waals surface area contributed by atoms with Crippen molar-refractivity contribution >= 4 is 40.2 Å². The molecule has 1 aliphatic rings. The van der Waals surface area contributed by atoms with Gasteiger partial charge in [-0.05, 0) is 38.1 Å². The predicted molar refractivity (Wildman–Crippen MR) is 110 cm³/mol. The largest absolute Gasteiger partial charge is 0.372 e. The highest BCUT2D eigenvalue weighted by molar-refractivity contribution is 6.01. The summed E-state index contributed by atoms with van der Waals surface area (Å²) in [5, 5.41) is 19.5. The van der Waals surface area contributed by atoms with Crippen molar-refractivity contribution in [2.75, 3.05) is 22.9 Å². The summed E-state index contributed by atoms with van der Waals surface area (Å²) in [5.41, 5.74) is 1.54. The van der Waals surface area contributed by atoms with Gasteiger partial charge in [0.05, 0.1) is 22.6 Å². The SMILES string of the molecule is C[C@@H]1CN(c2ccc([N+](=O)[O-])c(N(C=O)c3n[nH]c4ccccc34)c2)C[C@H](C)O1. The van der Waals surface area contributed by atoms with Crippen LogP contribution >= 0.6 is 0 Å². The third kappa shape index (κ3) is 3.52. The lowest BCUT2D eigenvalue weighted by Crippen LogP contribution is -2.45. The Kier molecular flexibility index (Phi) is 4.89. The van der Waals surface area contributed by atoms with Gasteiger partial charge in [-0.15, -0.1) is 0 Å². The van der Waals surface area contributed by atoms with E-state index < -0.39 is 4.92 Å². The second-order valence-electron chi connectivity index (χ2n) is 7.16. The van der Waals surface area contributed by atoms with Gasteiger partial charge in [-0.25, -0.2) is 0 Å². The summed E-state index contributed by atoms with van der Waals surface area (Å²) in [6, 6.07) is 12.1. The molecule has 0 spiro atoms. The van der Waals surface area contributed by atoms with E-state index in [0.29, 0.717) is 30.7 Å². The molecule has 1 amide bonds. The van der Waals surface area contributed by atoms with Crippen molar-refractivity contribution in [1.82, 2.24) is 10.2 Å². The Morgan fingerprint density at radius 3 is 2.66 bits per heavy atom. The van der Waals surface area contributed by atoms with Crippen molar-refractivity contribution in [2.24, 2.45) is 0 Å². The number of H-pyrrole nitrogens is 1. The van der Waals surface area contributed by atoms with Crippen LogP contribution in [-0.2, 0) is 9.53 Å². The molecule has 1 aromatic heterocycles. The average molecular weight is 395 g/mol. The molecule has 0 radical (unpaired) electrons. The zero-order chi connectivity index (χ0) is 20.5. The van der Waals surface area contributed by atoms with Crippen LogP contribution in [0.2, 0.25) is 0 Å². The maximum atomic E-state index is 12.0. The van der Waals surface area contributed by atoms with Crippen molar-refractivity contribution in [3.8, 4) is 0 Å². The standard InChI is InChI=1S/C20H21N5O4/c1-13-10-23(11-14(2)29-13)15-7-8-18(25(27)28)19(9-15)24(12-26)20-16-5-3-4-6-17(16)21-22-20/h3-9,12-14H,10-11H2,1-2H3,(H,21,22)/t13-,14+. The number of aromatic amines is 1. The first-order valence-electron chi connectivity index (χ1n) is 9.34. The number of rotatable bonds is 5. The molecule has 9 nitrogen and oxygen atoms in total. The van der Waals surface area contributed by atoms with Gasteiger partial charge in [0.25, 0.3) is 5.69 Å². The molecule has 2 heterocycles. The molecule has 3 aromatic rings. The van der Waals surface area contributed by atoms with Gasteiger partial charge in [0, 0.05) is 30.2 Å². The van der Waals surface area contributed by atoms with Crippen LogP contribution in [0.1, 0.15) is 13.8 Å².